The number of rotatable bonds is 5. The molecule has 1 fully saturated rings. The number of ether oxygens (including phenoxy) is 1. The molecule has 1 atom stereocenters. The summed E-state index contributed by atoms with van der Waals surface area (Å²) in [5.41, 5.74) is 0. The second-order valence-electron chi connectivity index (χ2n) is 2.99. The molecule has 7 nitrogen and oxygen atoms in total. The van der Waals surface area contributed by atoms with Crippen LogP contribution in [0.15, 0.2) is 0 Å². The highest BCUT2D eigenvalue weighted by molar-refractivity contribution is 7.95. The third kappa shape index (κ3) is 5.54. The molecule has 90 valence electrons. The van der Waals surface area contributed by atoms with E-state index in [-0.39, 0.29) is 12.3 Å². The molecule has 15 heavy (non-hydrogen) atoms. The molecular formula is C6H12NO6S2-. The van der Waals surface area contributed by atoms with E-state index >= 15 is 0 Å². The molecule has 1 unspecified atom stereocenters. The lowest BCUT2D eigenvalue weighted by Gasteiger charge is -2.26. The van der Waals surface area contributed by atoms with Gasteiger partial charge in [0, 0.05) is 19.6 Å². The van der Waals surface area contributed by atoms with Gasteiger partial charge in [-0.15, -0.1) is 0 Å². The molecule has 0 saturated carbocycles. The van der Waals surface area contributed by atoms with Gasteiger partial charge in [0.1, 0.15) is 11.4 Å². The van der Waals surface area contributed by atoms with Crippen LogP contribution in [0.25, 0.3) is 0 Å². The Hall–Kier alpha value is -0.0600. The first-order chi connectivity index (χ1) is 6.99. The van der Waals surface area contributed by atoms with Gasteiger partial charge in [-0.2, -0.15) is 12.0 Å². The Balaban J connectivity index is 2.31. The highest BCUT2D eigenvalue weighted by Crippen LogP contribution is 2.00. The maximum Gasteiger partial charge on any atom is 0.280 e. The van der Waals surface area contributed by atoms with E-state index in [0.29, 0.717) is 26.3 Å². The lowest BCUT2D eigenvalue weighted by molar-refractivity contribution is 0.0406. The van der Waals surface area contributed by atoms with Gasteiger partial charge in [-0.3, -0.25) is 4.90 Å². The molecule has 1 aliphatic heterocycles. The number of morpholine rings is 1. The van der Waals surface area contributed by atoms with E-state index in [2.05, 4.69) is 3.63 Å². The molecule has 1 aliphatic rings. The van der Waals surface area contributed by atoms with Gasteiger partial charge in [-0.1, -0.05) is 0 Å². The minimum atomic E-state index is -3.98. The fraction of sp³-hybridized carbons (Fsp3) is 1.00. The van der Waals surface area contributed by atoms with Crippen LogP contribution in [0, 0.1) is 0 Å². The zero-order chi connectivity index (χ0) is 11.3. The van der Waals surface area contributed by atoms with E-state index in [1.54, 1.807) is 0 Å². The van der Waals surface area contributed by atoms with Gasteiger partial charge < -0.3 is 9.29 Å². The summed E-state index contributed by atoms with van der Waals surface area (Å²) in [7, 11) is -3.98. The van der Waals surface area contributed by atoms with Crippen LogP contribution in [0.3, 0.4) is 0 Å². The topological polar surface area (TPSA) is 96.0 Å². The van der Waals surface area contributed by atoms with Crippen LogP contribution in [-0.2, 0) is 29.8 Å². The van der Waals surface area contributed by atoms with E-state index in [1.807, 2.05) is 4.90 Å². The molecule has 0 aromatic carbocycles. The van der Waals surface area contributed by atoms with Crippen LogP contribution in [0.2, 0.25) is 0 Å². The lowest BCUT2D eigenvalue weighted by atomic mass is 10.4. The predicted molar refractivity (Wildman–Crippen MR) is 51.1 cm³/mol. The van der Waals surface area contributed by atoms with Crippen molar-refractivity contribution in [3.63, 3.8) is 0 Å². The highest BCUT2D eigenvalue weighted by Gasteiger charge is 2.16. The molecule has 9 heteroatoms. The molecule has 0 aliphatic carbocycles. The van der Waals surface area contributed by atoms with Gasteiger partial charge in [-0.05, 0) is 0 Å². The van der Waals surface area contributed by atoms with Crippen molar-refractivity contribution >= 4 is 21.5 Å². The van der Waals surface area contributed by atoms with Crippen molar-refractivity contribution in [2.45, 2.75) is 0 Å². The van der Waals surface area contributed by atoms with Gasteiger partial charge in [0.15, 0.2) is 0 Å². The summed E-state index contributed by atoms with van der Waals surface area (Å²) < 4.78 is 50.9. The van der Waals surface area contributed by atoms with Gasteiger partial charge in [0.2, 0.25) is 0 Å². The van der Waals surface area contributed by atoms with Gasteiger partial charge in [0.05, 0.1) is 19.0 Å². The molecule has 0 bridgehead atoms. The van der Waals surface area contributed by atoms with Gasteiger partial charge in [0.25, 0.3) is 10.1 Å². The average molecular weight is 258 g/mol. The zero-order valence-corrected chi connectivity index (χ0v) is 9.59. The summed E-state index contributed by atoms with van der Waals surface area (Å²) >= 11 is -3.02. The van der Waals surface area contributed by atoms with E-state index in [9.17, 15) is 17.2 Å². The summed E-state index contributed by atoms with van der Waals surface area (Å²) in [6.45, 7) is 2.68. The molecule has 0 radical (unpaired) electrons. The maximum absolute atomic E-state index is 11.0. The Kier molecular flexibility index (Phi) is 5.09. The third-order valence-corrected chi connectivity index (χ3v) is 3.88. The highest BCUT2D eigenvalue weighted by atomic mass is 32.3. The van der Waals surface area contributed by atoms with E-state index < -0.39 is 21.5 Å². The minimum Gasteiger partial charge on any atom is -0.749 e. The Morgan fingerprint density at radius 2 is 2.00 bits per heavy atom. The summed E-state index contributed by atoms with van der Waals surface area (Å²) in [5.74, 6) is -0.332. The smallest absolute Gasteiger partial charge is 0.280 e. The van der Waals surface area contributed by atoms with Crippen molar-refractivity contribution in [3.8, 4) is 0 Å². The van der Waals surface area contributed by atoms with Crippen LogP contribution in [0.1, 0.15) is 0 Å². The molecule has 0 spiro atoms. The summed E-state index contributed by atoms with van der Waals surface area (Å²) in [4.78, 5) is 1.87. The third-order valence-electron chi connectivity index (χ3n) is 1.92. The van der Waals surface area contributed by atoms with Crippen molar-refractivity contribution in [1.29, 1.82) is 0 Å². The molecule has 0 N–H and O–H groups in total. The number of hydrogen-bond acceptors (Lipinski definition) is 7. The SMILES string of the molecule is O=S([O-])OS(=O)(=O)CCN1CCOCC1. The molecule has 0 aromatic heterocycles. The van der Waals surface area contributed by atoms with Crippen LogP contribution in [0.5, 0.6) is 0 Å². The van der Waals surface area contributed by atoms with E-state index in [1.165, 1.54) is 0 Å². The maximum atomic E-state index is 11.0. The second kappa shape index (κ2) is 5.87. The number of hydrogen-bond donors (Lipinski definition) is 0. The first-order valence-electron chi connectivity index (χ1n) is 4.31. The van der Waals surface area contributed by atoms with Crippen LogP contribution < -0.4 is 0 Å². The van der Waals surface area contributed by atoms with Crippen molar-refractivity contribution in [2.24, 2.45) is 0 Å². The molecule has 1 heterocycles. The Morgan fingerprint density at radius 1 is 1.40 bits per heavy atom. The molecule has 0 amide bonds. The summed E-state index contributed by atoms with van der Waals surface area (Å²) in [6.07, 6.45) is 0. The largest absolute Gasteiger partial charge is 0.749 e. The standard InChI is InChI=1S/C6H13NO6S2/c8-14(9)13-15(10,11)6-3-7-1-4-12-5-2-7/h1-6H2,(H,8,9)/p-1. The molecule has 1 saturated heterocycles. The number of nitrogens with zero attached hydrogens (tertiary/aromatic N) is 1. The quantitative estimate of drug-likeness (QED) is 0.551. The van der Waals surface area contributed by atoms with E-state index in [4.69, 9.17) is 4.74 Å². The Bertz CT molecular complexity index is 310. The molecular weight excluding hydrogens is 246 g/mol. The average Bonchev–Trinajstić information content (AvgIpc) is 2.15. The predicted octanol–water partition coefficient (Wildman–Crippen LogP) is -1.54. The van der Waals surface area contributed by atoms with Crippen LogP contribution in [-0.4, -0.2) is 60.7 Å². The zero-order valence-electron chi connectivity index (χ0n) is 7.96. The fourth-order valence-electron chi connectivity index (χ4n) is 1.18. The van der Waals surface area contributed by atoms with Crippen LogP contribution >= 0.6 is 0 Å². The van der Waals surface area contributed by atoms with Crippen molar-refractivity contribution in [3.05, 3.63) is 0 Å². The Labute approximate surface area is 91.0 Å². The lowest BCUT2D eigenvalue weighted by Crippen LogP contribution is -2.39. The fourth-order valence-corrected chi connectivity index (χ4v) is 2.62. The van der Waals surface area contributed by atoms with Gasteiger partial charge in [-0.25, -0.2) is 4.21 Å². The molecule has 0 aromatic rings. The first-order valence-corrected chi connectivity index (χ1v) is 6.89. The van der Waals surface area contributed by atoms with Crippen LogP contribution in [0.4, 0.5) is 0 Å². The monoisotopic (exact) mass is 258 g/mol. The summed E-state index contributed by atoms with van der Waals surface area (Å²) in [5, 5.41) is 0. The van der Waals surface area contributed by atoms with Crippen molar-refractivity contribution in [1.82, 2.24) is 4.90 Å². The van der Waals surface area contributed by atoms with Crippen molar-refractivity contribution in [2.75, 3.05) is 38.6 Å². The van der Waals surface area contributed by atoms with Gasteiger partial charge >= 0.3 is 0 Å². The summed E-state index contributed by atoms with van der Waals surface area (Å²) in [6, 6.07) is 0. The first kappa shape index (κ1) is 13.0. The normalized spacial score (nSPS) is 21.4. The Morgan fingerprint density at radius 3 is 2.53 bits per heavy atom. The second-order valence-corrected chi connectivity index (χ2v) is 5.46. The van der Waals surface area contributed by atoms with E-state index in [0.717, 1.165) is 0 Å². The minimum absolute atomic E-state index is 0.253. The molecule has 1 rings (SSSR count). The van der Waals surface area contributed by atoms with Crippen molar-refractivity contribution < 1.29 is 25.5 Å².